The largest absolute Gasteiger partial charge is 0.370 e. The summed E-state index contributed by atoms with van der Waals surface area (Å²) in [5.74, 6) is -0.327. The van der Waals surface area contributed by atoms with Gasteiger partial charge in [-0.3, -0.25) is 4.79 Å². The number of rotatable bonds is 5. The number of nitrogens with one attached hydrogen (secondary N) is 2. The summed E-state index contributed by atoms with van der Waals surface area (Å²) < 4.78 is 18.7. The molecule has 1 amide bonds. The number of benzene rings is 2. The molecule has 3 rings (SSSR count). The van der Waals surface area contributed by atoms with Crippen LogP contribution in [0.2, 0.25) is 0 Å². The number of halogens is 1. The summed E-state index contributed by atoms with van der Waals surface area (Å²) in [7, 11) is 0. The zero-order valence-corrected chi connectivity index (χ0v) is 14.4. The van der Waals surface area contributed by atoms with Crippen LogP contribution in [0.5, 0.6) is 0 Å². The van der Waals surface area contributed by atoms with Crippen molar-refractivity contribution < 1.29 is 18.8 Å². The van der Waals surface area contributed by atoms with Crippen molar-refractivity contribution in [3.63, 3.8) is 0 Å². The fourth-order valence-corrected chi connectivity index (χ4v) is 3.26. The van der Waals surface area contributed by atoms with E-state index >= 15 is 0 Å². The molecular weight excluding hydrogens is 319 g/mol. The fourth-order valence-electron chi connectivity index (χ4n) is 3.26. The van der Waals surface area contributed by atoms with Crippen LogP contribution in [0, 0.1) is 12.7 Å². The van der Waals surface area contributed by atoms with Gasteiger partial charge in [0, 0.05) is 11.1 Å². The summed E-state index contributed by atoms with van der Waals surface area (Å²) in [5.41, 5.74) is 2.75. The maximum atomic E-state index is 13.3. The van der Waals surface area contributed by atoms with Gasteiger partial charge in [0.2, 0.25) is 0 Å². The molecule has 132 valence electrons. The van der Waals surface area contributed by atoms with Crippen LogP contribution in [0.4, 0.5) is 4.39 Å². The van der Waals surface area contributed by atoms with Gasteiger partial charge in [-0.15, -0.1) is 0 Å². The number of carbonyl (C=O) groups excluding carboxylic acids is 1. The van der Waals surface area contributed by atoms with E-state index in [1.807, 2.05) is 31.2 Å². The van der Waals surface area contributed by atoms with E-state index in [4.69, 9.17) is 4.74 Å². The molecule has 4 nitrogen and oxygen atoms in total. The Morgan fingerprint density at radius 2 is 1.92 bits per heavy atom. The predicted octanol–water partition coefficient (Wildman–Crippen LogP) is 1.52. The smallest absolute Gasteiger partial charge is 0.251 e. The van der Waals surface area contributed by atoms with Gasteiger partial charge < -0.3 is 15.0 Å². The normalized spacial score (nSPS) is 16.4. The number of hydrogen-bond donors (Lipinski definition) is 2. The number of carbonyl (C=O) groups is 1. The van der Waals surface area contributed by atoms with Crippen LogP contribution in [0.1, 0.15) is 27.5 Å². The first-order chi connectivity index (χ1) is 12.1. The van der Waals surface area contributed by atoms with Crippen LogP contribution >= 0.6 is 0 Å². The van der Waals surface area contributed by atoms with Gasteiger partial charge in [0.25, 0.3) is 5.91 Å². The Morgan fingerprint density at radius 3 is 2.60 bits per heavy atom. The van der Waals surface area contributed by atoms with Gasteiger partial charge in [0.05, 0.1) is 19.8 Å². The monoisotopic (exact) mass is 343 g/mol. The van der Waals surface area contributed by atoms with Crippen LogP contribution in [0.15, 0.2) is 48.5 Å². The van der Waals surface area contributed by atoms with Gasteiger partial charge in [-0.2, -0.15) is 0 Å². The fraction of sp³-hybridized carbons (Fsp3) is 0.350. The van der Waals surface area contributed by atoms with Crippen molar-refractivity contribution in [2.75, 3.05) is 32.8 Å². The van der Waals surface area contributed by atoms with Crippen molar-refractivity contribution in [1.82, 2.24) is 5.32 Å². The summed E-state index contributed by atoms with van der Waals surface area (Å²) in [6, 6.07) is 14.2. The molecule has 25 heavy (non-hydrogen) atoms. The van der Waals surface area contributed by atoms with E-state index in [9.17, 15) is 9.18 Å². The first kappa shape index (κ1) is 17.6. The molecule has 1 heterocycles. The Bertz CT molecular complexity index is 712. The average molecular weight is 343 g/mol. The molecule has 1 aliphatic rings. The molecule has 1 atom stereocenters. The van der Waals surface area contributed by atoms with Crippen molar-refractivity contribution in [1.29, 1.82) is 0 Å². The van der Waals surface area contributed by atoms with E-state index in [1.54, 1.807) is 12.1 Å². The Kier molecular flexibility index (Phi) is 5.79. The predicted molar refractivity (Wildman–Crippen MR) is 94.2 cm³/mol. The maximum absolute atomic E-state index is 13.3. The van der Waals surface area contributed by atoms with E-state index < -0.39 is 0 Å². The lowest BCUT2D eigenvalue weighted by Crippen LogP contribution is -3.15. The Hall–Kier alpha value is -2.24. The van der Waals surface area contributed by atoms with E-state index in [1.165, 1.54) is 17.0 Å². The molecule has 2 N–H and O–H groups in total. The quantitative estimate of drug-likeness (QED) is 0.864. The Labute approximate surface area is 147 Å². The zero-order valence-electron chi connectivity index (χ0n) is 14.4. The van der Waals surface area contributed by atoms with Crippen LogP contribution in [-0.2, 0) is 4.74 Å². The van der Waals surface area contributed by atoms with Crippen LogP contribution in [0.3, 0.4) is 0 Å². The Morgan fingerprint density at radius 1 is 1.20 bits per heavy atom. The van der Waals surface area contributed by atoms with Gasteiger partial charge in [-0.25, -0.2) is 4.39 Å². The molecule has 0 bridgehead atoms. The SMILES string of the molecule is Cc1cccc(C(=O)NC[C@H](c2ccc(F)cc2)[NH+]2CCOCC2)c1. The van der Waals surface area contributed by atoms with Gasteiger partial charge >= 0.3 is 0 Å². The third-order valence-corrected chi connectivity index (χ3v) is 4.65. The summed E-state index contributed by atoms with van der Waals surface area (Å²) in [4.78, 5) is 13.8. The van der Waals surface area contributed by atoms with Crippen molar-refractivity contribution in [2.24, 2.45) is 0 Å². The summed E-state index contributed by atoms with van der Waals surface area (Å²) in [5, 5.41) is 3.04. The molecule has 0 unspecified atom stereocenters. The molecule has 0 radical (unpaired) electrons. The van der Waals surface area contributed by atoms with Gasteiger partial charge in [-0.05, 0) is 31.2 Å². The number of amides is 1. The molecule has 2 aromatic rings. The highest BCUT2D eigenvalue weighted by Crippen LogP contribution is 2.12. The van der Waals surface area contributed by atoms with Crippen molar-refractivity contribution in [3.8, 4) is 0 Å². The standard InChI is InChI=1S/C20H23FN2O2/c1-15-3-2-4-17(13-15)20(24)22-14-19(23-9-11-25-12-10-23)16-5-7-18(21)8-6-16/h2-8,13,19H,9-12,14H2,1H3,(H,22,24)/p+1/t19-/m1/s1. The van der Waals surface area contributed by atoms with Crippen LogP contribution < -0.4 is 10.2 Å². The van der Waals surface area contributed by atoms with Crippen LogP contribution in [0.25, 0.3) is 0 Å². The number of hydrogen-bond acceptors (Lipinski definition) is 2. The van der Waals surface area contributed by atoms with Gasteiger partial charge in [-0.1, -0.05) is 29.8 Å². The lowest BCUT2D eigenvalue weighted by atomic mass is 10.0. The van der Waals surface area contributed by atoms with E-state index in [-0.39, 0.29) is 17.8 Å². The minimum atomic E-state index is -0.247. The number of aryl methyl sites for hydroxylation is 1. The molecule has 0 aliphatic carbocycles. The molecule has 1 aliphatic heterocycles. The van der Waals surface area contributed by atoms with E-state index in [2.05, 4.69) is 5.32 Å². The summed E-state index contributed by atoms with van der Waals surface area (Å²) >= 11 is 0. The number of ether oxygens (including phenoxy) is 1. The number of quaternary nitrogens is 1. The second-order valence-corrected chi connectivity index (χ2v) is 6.45. The zero-order chi connectivity index (χ0) is 17.6. The third kappa shape index (κ3) is 4.65. The molecule has 0 saturated carbocycles. The second-order valence-electron chi connectivity index (χ2n) is 6.45. The Balaban J connectivity index is 1.73. The number of morpholine rings is 1. The van der Waals surface area contributed by atoms with E-state index in [0.29, 0.717) is 25.3 Å². The first-order valence-corrected chi connectivity index (χ1v) is 8.66. The lowest BCUT2D eigenvalue weighted by Gasteiger charge is -2.32. The summed E-state index contributed by atoms with van der Waals surface area (Å²) in [6.45, 7) is 5.64. The highest BCUT2D eigenvalue weighted by molar-refractivity contribution is 5.94. The van der Waals surface area contributed by atoms with Crippen molar-refractivity contribution in [2.45, 2.75) is 13.0 Å². The highest BCUT2D eigenvalue weighted by atomic mass is 19.1. The molecule has 0 aromatic heterocycles. The lowest BCUT2D eigenvalue weighted by molar-refractivity contribution is -0.937. The third-order valence-electron chi connectivity index (χ3n) is 4.65. The maximum Gasteiger partial charge on any atom is 0.251 e. The molecule has 2 aromatic carbocycles. The second kappa shape index (κ2) is 8.23. The molecule has 1 fully saturated rings. The van der Waals surface area contributed by atoms with Gasteiger partial charge in [0.1, 0.15) is 24.9 Å². The van der Waals surface area contributed by atoms with Crippen molar-refractivity contribution >= 4 is 5.91 Å². The highest BCUT2D eigenvalue weighted by Gasteiger charge is 2.27. The minimum absolute atomic E-state index is 0.0801. The average Bonchev–Trinajstić information content (AvgIpc) is 2.64. The molecule has 5 heteroatoms. The van der Waals surface area contributed by atoms with Gasteiger partial charge in [0.15, 0.2) is 0 Å². The van der Waals surface area contributed by atoms with Crippen LogP contribution in [-0.4, -0.2) is 38.8 Å². The molecular formula is C20H24FN2O2+. The molecule has 0 spiro atoms. The van der Waals surface area contributed by atoms with E-state index in [0.717, 1.165) is 24.2 Å². The minimum Gasteiger partial charge on any atom is -0.370 e. The first-order valence-electron chi connectivity index (χ1n) is 8.66. The van der Waals surface area contributed by atoms with Crippen molar-refractivity contribution in [3.05, 3.63) is 71.0 Å². The summed E-state index contributed by atoms with van der Waals surface area (Å²) in [6.07, 6.45) is 0. The topological polar surface area (TPSA) is 42.8 Å². The molecule has 1 saturated heterocycles.